The summed E-state index contributed by atoms with van der Waals surface area (Å²) in [6.07, 6.45) is 2.78. The van der Waals surface area contributed by atoms with Gasteiger partial charge in [-0.2, -0.15) is 10.2 Å². The molecule has 5 aromatic carbocycles. The third-order valence-electron chi connectivity index (χ3n) is 8.08. The van der Waals surface area contributed by atoms with E-state index in [1.165, 1.54) is 0 Å². The lowest BCUT2D eigenvalue weighted by Gasteiger charge is -2.23. The van der Waals surface area contributed by atoms with Gasteiger partial charge >= 0.3 is 0 Å². The van der Waals surface area contributed by atoms with Gasteiger partial charge in [-0.25, -0.2) is 19.7 Å². The summed E-state index contributed by atoms with van der Waals surface area (Å²) in [5.41, 5.74) is 8.59. The van der Waals surface area contributed by atoms with Crippen LogP contribution in [0.2, 0.25) is 5.02 Å². The maximum atomic E-state index is 6.47. The predicted molar refractivity (Wildman–Crippen MR) is 182 cm³/mol. The van der Waals surface area contributed by atoms with E-state index in [2.05, 4.69) is 54.7 Å². The normalized spacial score (nSPS) is 14.6. The number of hydrogen-bond donors (Lipinski definition) is 0. The Labute approximate surface area is 265 Å². The van der Waals surface area contributed by atoms with E-state index >= 15 is 0 Å². The molecule has 45 heavy (non-hydrogen) atoms. The summed E-state index contributed by atoms with van der Waals surface area (Å²) >= 11 is 6.47. The topological polar surface area (TPSA) is 59.2 Å². The molecule has 0 saturated heterocycles. The molecule has 1 aliphatic heterocycles. The van der Waals surface area contributed by atoms with E-state index in [1.807, 2.05) is 101 Å². The van der Waals surface area contributed by atoms with E-state index in [1.54, 1.807) is 0 Å². The standard InChI is InChI=1S/C38H27ClN6/c39-29-21-22-33-31(23-29)36(27-15-7-2-8-16-27)41-38(40-33)45-35(24-34(42-45)26-13-5-1-6-14-26)32-25-44(30-19-11-4-12-20-30)43-37(32)28-17-9-3-10-18-28/h1-23,25,35H,24H2. The molecule has 0 radical (unpaired) electrons. The number of nitrogens with zero attached hydrogens (tertiary/aromatic N) is 6. The lowest BCUT2D eigenvalue weighted by Crippen LogP contribution is -2.21. The zero-order valence-electron chi connectivity index (χ0n) is 24.2. The van der Waals surface area contributed by atoms with Gasteiger partial charge in [0.05, 0.1) is 34.3 Å². The highest BCUT2D eigenvalue weighted by Crippen LogP contribution is 2.41. The molecule has 2 aromatic heterocycles. The van der Waals surface area contributed by atoms with Crippen molar-refractivity contribution in [1.29, 1.82) is 0 Å². The van der Waals surface area contributed by atoms with E-state index in [4.69, 9.17) is 31.8 Å². The second-order valence-corrected chi connectivity index (χ2v) is 11.4. The van der Waals surface area contributed by atoms with Crippen LogP contribution in [0.3, 0.4) is 0 Å². The van der Waals surface area contributed by atoms with Crippen molar-refractivity contribution >= 4 is 34.2 Å². The van der Waals surface area contributed by atoms with Gasteiger partial charge in [0.1, 0.15) is 0 Å². The van der Waals surface area contributed by atoms with Crippen molar-refractivity contribution in [3.8, 4) is 28.2 Å². The Morgan fingerprint density at radius 2 is 1.22 bits per heavy atom. The summed E-state index contributed by atoms with van der Waals surface area (Å²) in [7, 11) is 0. The van der Waals surface area contributed by atoms with Crippen LogP contribution in [0.4, 0.5) is 5.95 Å². The summed E-state index contributed by atoms with van der Waals surface area (Å²) in [5, 5.41) is 13.9. The second kappa shape index (κ2) is 11.5. The van der Waals surface area contributed by atoms with Crippen LogP contribution in [-0.4, -0.2) is 25.5 Å². The maximum absolute atomic E-state index is 6.47. The molecular formula is C38H27ClN6. The SMILES string of the molecule is Clc1ccc2nc(N3N=C(c4ccccc4)CC3c3cn(-c4ccccc4)nc3-c3ccccc3)nc(-c3ccccc3)c2c1. The molecule has 0 amide bonds. The molecule has 7 heteroatoms. The van der Waals surface area contributed by atoms with Crippen LogP contribution < -0.4 is 5.01 Å². The summed E-state index contributed by atoms with van der Waals surface area (Å²) in [4.78, 5) is 10.3. The molecule has 8 rings (SSSR count). The molecule has 3 heterocycles. The highest BCUT2D eigenvalue weighted by Gasteiger charge is 2.35. The fraction of sp³-hybridized carbons (Fsp3) is 0.0526. The van der Waals surface area contributed by atoms with Crippen molar-refractivity contribution in [2.75, 3.05) is 5.01 Å². The van der Waals surface area contributed by atoms with Gasteiger partial charge < -0.3 is 0 Å². The van der Waals surface area contributed by atoms with E-state index in [-0.39, 0.29) is 6.04 Å². The Morgan fingerprint density at radius 3 is 1.89 bits per heavy atom. The highest BCUT2D eigenvalue weighted by molar-refractivity contribution is 6.31. The number of hydrazone groups is 1. The Hall–Kier alpha value is -5.59. The van der Waals surface area contributed by atoms with E-state index < -0.39 is 0 Å². The van der Waals surface area contributed by atoms with E-state index in [0.717, 1.165) is 55.9 Å². The Bertz CT molecular complexity index is 2150. The fourth-order valence-electron chi connectivity index (χ4n) is 5.91. The van der Waals surface area contributed by atoms with Gasteiger partial charge in [0, 0.05) is 39.7 Å². The van der Waals surface area contributed by atoms with Crippen LogP contribution in [0.25, 0.3) is 39.1 Å². The minimum atomic E-state index is -0.207. The molecule has 1 atom stereocenters. The van der Waals surface area contributed by atoms with Gasteiger partial charge in [0.15, 0.2) is 0 Å². The van der Waals surface area contributed by atoms with Gasteiger partial charge in [0.2, 0.25) is 5.95 Å². The number of para-hydroxylation sites is 1. The molecule has 7 aromatic rings. The minimum Gasteiger partial charge on any atom is -0.240 e. The van der Waals surface area contributed by atoms with Gasteiger partial charge in [-0.1, -0.05) is 121 Å². The molecule has 0 saturated carbocycles. The highest BCUT2D eigenvalue weighted by atomic mass is 35.5. The summed E-state index contributed by atoms with van der Waals surface area (Å²) in [6.45, 7) is 0. The van der Waals surface area contributed by atoms with Crippen molar-refractivity contribution in [2.24, 2.45) is 5.10 Å². The lowest BCUT2D eigenvalue weighted by molar-refractivity contribution is 0.690. The Kier molecular flexibility index (Phi) is 6.89. The molecule has 6 nitrogen and oxygen atoms in total. The number of benzene rings is 5. The van der Waals surface area contributed by atoms with Crippen molar-refractivity contribution in [1.82, 2.24) is 19.7 Å². The number of aromatic nitrogens is 4. The molecule has 1 aliphatic rings. The first-order valence-corrected chi connectivity index (χ1v) is 15.2. The summed E-state index contributed by atoms with van der Waals surface area (Å²) in [6, 6.07) is 46.5. The Balaban J connectivity index is 1.34. The Morgan fingerprint density at radius 1 is 0.622 bits per heavy atom. The van der Waals surface area contributed by atoms with Crippen LogP contribution in [0.1, 0.15) is 23.6 Å². The van der Waals surface area contributed by atoms with Crippen molar-refractivity contribution < 1.29 is 0 Å². The van der Waals surface area contributed by atoms with E-state index in [0.29, 0.717) is 17.4 Å². The summed E-state index contributed by atoms with van der Waals surface area (Å²) in [5.74, 6) is 0.520. The average Bonchev–Trinajstić information content (AvgIpc) is 3.75. The first kappa shape index (κ1) is 27.0. The van der Waals surface area contributed by atoms with Crippen molar-refractivity contribution in [3.63, 3.8) is 0 Å². The largest absolute Gasteiger partial charge is 0.247 e. The smallest absolute Gasteiger partial charge is 0.240 e. The monoisotopic (exact) mass is 602 g/mol. The third kappa shape index (κ3) is 5.15. The summed E-state index contributed by atoms with van der Waals surface area (Å²) < 4.78 is 1.95. The maximum Gasteiger partial charge on any atom is 0.247 e. The fourth-order valence-corrected chi connectivity index (χ4v) is 6.09. The predicted octanol–water partition coefficient (Wildman–Crippen LogP) is 9.16. The zero-order chi connectivity index (χ0) is 30.2. The van der Waals surface area contributed by atoms with Crippen molar-refractivity contribution in [2.45, 2.75) is 12.5 Å². The van der Waals surface area contributed by atoms with Crippen LogP contribution in [0.15, 0.2) is 151 Å². The molecule has 0 fully saturated rings. The number of hydrogen-bond acceptors (Lipinski definition) is 5. The number of rotatable bonds is 6. The van der Waals surface area contributed by atoms with Gasteiger partial charge in [-0.3, -0.25) is 0 Å². The number of fused-ring (bicyclic) bond motifs is 1. The molecule has 216 valence electrons. The van der Waals surface area contributed by atoms with Crippen LogP contribution >= 0.6 is 11.6 Å². The second-order valence-electron chi connectivity index (χ2n) is 11.0. The molecular weight excluding hydrogens is 576 g/mol. The van der Waals surface area contributed by atoms with Crippen LogP contribution in [0, 0.1) is 0 Å². The molecule has 1 unspecified atom stereocenters. The molecule has 0 bridgehead atoms. The molecule has 0 aliphatic carbocycles. The van der Waals surface area contributed by atoms with Gasteiger partial charge in [0.25, 0.3) is 0 Å². The van der Waals surface area contributed by atoms with Crippen LogP contribution in [0.5, 0.6) is 0 Å². The number of halogens is 1. The first-order valence-electron chi connectivity index (χ1n) is 14.9. The third-order valence-corrected chi connectivity index (χ3v) is 8.32. The molecule has 0 spiro atoms. The van der Waals surface area contributed by atoms with Crippen LogP contribution in [-0.2, 0) is 0 Å². The average molecular weight is 603 g/mol. The van der Waals surface area contributed by atoms with Gasteiger partial charge in [-0.15, -0.1) is 0 Å². The minimum absolute atomic E-state index is 0.207. The van der Waals surface area contributed by atoms with E-state index in [9.17, 15) is 0 Å². The first-order chi connectivity index (χ1) is 22.2. The quantitative estimate of drug-likeness (QED) is 0.190. The lowest BCUT2D eigenvalue weighted by atomic mass is 9.96. The molecule has 0 N–H and O–H groups in total. The van der Waals surface area contributed by atoms with Crippen molar-refractivity contribution in [3.05, 3.63) is 162 Å². The number of anilines is 1. The van der Waals surface area contributed by atoms with Gasteiger partial charge in [-0.05, 0) is 35.9 Å². The zero-order valence-corrected chi connectivity index (χ0v) is 25.0.